The van der Waals surface area contributed by atoms with Crippen molar-refractivity contribution >= 4 is 17.0 Å². The molecule has 3 atom stereocenters. The Kier molecular flexibility index (Phi) is 4.73. The number of fused-ring (bicyclic) bond motifs is 1. The van der Waals surface area contributed by atoms with Gasteiger partial charge in [0.25, 0.3) is 0 Å². The van der Waals surface area contributed by atoms with Crippen LogP contribution in [0.15, 0.2) is 28.5 Å². The summed E-state index contributed by atoms with van der Waals surface area (Å²) in [7, 11) is 0. The van der Waals surface area contributed by atoms with E-state index in [1.807, 2.05) is 22.9 Å². The van der Waals surface area contributed by atoms with Crippen LogP contribution in [0.3, 0.4) is 0 Å². The van der Waals surface area contributed by atoms with Gasteiger partial charge in [-0.05, 0) is 40.9 Å². The van der Waals surface area contributed by atoms with Crippen LogP contribution in [-0.4, -0.2) is 30.2 Å². The fourth-order valence-corrected chi connectivity index (χ4v) is 4.89. The quantitative estimate of drug-likeness (QED) is 0.846. The molecule has 1 N–H and O–H groups in total. The third-order valence-electron chi connectivity index (χ3n) is 5.31. The first kappa shape index (κ1) is 17.4. The summed E-state index contributed by atoms with van der Waals surface area (Å²) >= 11 is 1.53. The van der Waals surface area contributed by atoms with E-state index in [2.05, 4.69) is 30.0 Å². The first-order valence-electron chi connectivity index (χ1n) is 8.38. The molecule has 0 bridgehead atoms. The highest BCUT2D eigenvalue weighted by atomic mass is 32.1. The van der Waals surface area contributed by atoms with Crippen LogP contribution in [0.1, 0.15) is 24.8 Å². The van der Waals surface area contributed by atoms with Crippen molar-refractivity contribution in [1.29, 1.82) is 21.2 Å². The lowest BCUT2D eigenvalue weighted by Gasteiger charge is -2.47. The lowest BCUT2D eigenvalue weighted by molar-refractivity contribution is 0.204. The Balaban J connectivity index is 2.18. The van der Waals surface area contributed by atoms with Crippen LogP contribution in [0.5, 0.6) is 0 Å². The summed E-state index contributed by atoms with van der Waals surface area (Å²) in [5.41, 5.74) is 0.182. The normalized spacial score (nSPS) is 28.2. The molecular formula is C19H19N5S. The Morgan fingerprint density at radius 1 is 1.36 bits per heavy atom. The summed E-state index contributed by atoms with van der Waals surface area (Å²) in [6.45, 7) is 4.54. The fraction of sp³-hybridized carbons (Fsp3) is 0.474. The number of hydrogen-bond donors (Lipinski definition) is 1. The summed E-state index contributed by atoms with van der Waals surface area (Å²) in [4.78, 5) is 2.30. The zero-order valence-electron chi connectivity index (χ0n) is 14.1. The molecule has 0 saturated heterocycles. The van der Waals surface area contributed by atoms with E-state index in [4.69, 9.17) is 5.41 Å². The lowest BCUT2D eigenvalue weighted by atomic mass is 9.54. The van der Waals surface area contributed by atoms with Gasteiger partial charge < -0.3 is 5.41 Å². The van der Waals surface area contributed by atoms with E-state index >= 15 is 0 Å². The van der Waals surface area contributed by atoms with E-state index in [1.165, 1.54) is 11.3 Å². The monoisotopic (exact) mass is 349 g/mol. The third-order valence-corrected chi connectivity index (χ3v) is 6.01. The van der Waals surface area contributed by atoms with E-state index in [-0.39, 0.29) is 11.6 Å². The Bertz CT molecular complexity index is 803. The predicted molar refractivity (Wildman–Crippen MR) is 95.9 cm³/mol. The topological polar surface area (TPSA) is 98.5 Å². The first-order valence-corrected chi connectivity index (χ1v) is 9.32. The maximum Gasteiger partial charge on any atom is 0.189 e. The smallest absolute Gasteiger partial charge is 0.189 e. The predicted octanol–water partition coefficient (Wildman–Crippen LogP) is 3.31. The SMILES string of the molecule is CCCN1CC=C2C(C#N)C(=N)C(C#N)(C#N)[C@H](c3ccsc3)[C@@H]2C1. The van der Waals surface area contributed by atoms with Crippen molar-refractivity contribution < 1.29 is 0 Å². The summed E-state index contributed by atoms with van der Waals surface area (Å²) in [6, 6.07) is 8.36. The van der Waals surface area contributed by atoms with Crippen LogP contribution >= 0.6 is 11.3 Å². The molecule has 25 heavy (non-hydrogen) atoms. The number of nitriles is 3. The van der Waals surface area contributed by atoms with Crippen molar-refractivity contribution in [1.82, 2.24) is 4.90 Å². The number of thiophene rings is 1. The molecule has 0 spiro atoms. The Morgan fingerprint density at radius 3 is 2.68 bits per heavy atom. The minimum Gasteiger partial charge on any atom is -0.305 e. The van der Waals surface area contributed by atoms with Crippen molar-refractivity contribution in [3.8, 4) is 18.2 Å². The van der Waals surface area contributed by atoms with Crippen molar-refractivity contribution in [2.24, 2.45) is 17.3 Å². The van der Waals surface area contributed by atoms with Gasteiger partial charge in [0.1, 0.15) is 5.92 Å². The Morgan fingerprint density at radius 2 is 2.12 bits per heavy atom. The molecule has 5 nitrogen and oxygen atoms in total. The maximum atomic E-state index is 9.90. The van der Waals surface area contributed by atoms with Gasteiger partial charge in [-0.2, -0.15) is 27.1 Å². The summed E-state index contributed by atoms with van der Waals surface area (Å²) in [5.74, 6) is -1.27. The highest BCUT2D eigenvalue weighted by Crippen LogP contribution is 2.53. The van der Waals surface area contributed by atoms with Gasteiger partial charge in [-0.15, -0.1) is 0 Å². The minimum atomic E-state index is -1.58. The van der Waals surface area contributed by atoms with E-state index in [0.29, 0.717) is 0 Å². The molecule has 0 aromatic carbocycles. The number of nitrogens with one attached hydrogen (secondary N) is 1. The van der Waals surface area contributed by atoms with Crippen LogP contribution < -0.4 is 0 Å². The largest absolute Gasteiger partial charge is 0.305 e. The van der Waals surface area contributed by atoms with Gasteiger partial charge in [0.15, 0.2) is 5.41 Å². The van der Waals surface area contributed by atoms with Gasteiger partial charge in [0.05, 0.1) is 23.9 Å². The van der Waals surface area contributed by atoms with Crippen LogP contribution in [0.4, 0.5) is 0 Å². The molecule has 1 aromatic rings. The molecule has 1 aliphatic heterocycles. The van der Waals surface area contributed by atoms with Crippen LogP contribution in [0.2, 0.25) is 0 Å². The molecule has 1 fully saturated rings. The van der Waals surface area contributed by atoms with Crippen LogP contribution in [0.25, 0.3) is 0 Å². The molecule has 1 unspecified atom stereocenters. The standard InChI is InChI=1S/C19H19N5S/c1-2-5-24-6-3-14-15(8-20)18(23)19(11-21,12-22)17(16(14)9-24)13-4-7-25-10-13/h3-4,7,10,15-17,23H,2,5-6,9H2,1H3/t15?,16-,17-/m1/s1. The molecule has 2 heterocycles. The zero-order valence-corrected chi connectivity index (χ0v) is 14.9. The second-order valence-corrected chi connectivity index (χ2v) is 7.39. The van der Waals surface area contributed by atoms with E-state index < -0.39 is 17.3 Å². The number of hydrogen-bond acceptors (Lipinski definition) is 6. The van der Waals surface area contributed by atoms with Crippen molar-refractivity contribution in [2.45, 2.75) is 19.3 Å². The fourth-order valence-electron chi connectivity index (χ4n) is 4.19. The second kappa shape index (κ2) is 6.81. The molecule has 0 amide bonds. The van der Waals surface area contributed by atoms with Gasteiger partial charge in [-0.1, -0.05) is 13.0 Å². The van der Waals surface area contributed by atoms with E-state index in [9.17, 15) is 15.8 Å². The average Bonchev–Trinajstić information content (AvgIpc) is 3.15. The Labute approximate surface area is 151 Å². The highest BCUT2D eigenvalue weighted by molar-refractivity contribution is 7.08. The van der Waals surface area contributed by atoms with Gasteiger partial charge in [0, 0.05) is 24.9 Å². The molecule has 1 aromatic heterocycles. The molecule has 2 aliphatic rings. The molecule has 126 valence electrons. The lowest BCUT2D eigenvalue weighted by Crippen LogP contribution is -2.52. The summed E-state index contributed by atoms with van der Waals surface area (Å²) in [6.07, 6.45) is 3.07. The number of rotatable bonds is 3. The molecule has 3 rings (SSSR count). The first-order chi connectivity index (χ1) is 12.1. The minimum absolute atomic E-state index is 0.0670. The molecular weight excluding hydrogens is 330 g/mol. The van der Waals surface area contributed by atoms with Crippen molar-refractivity contribution in [2.75, 3.05) is 19.6 Å². The van der Waals surface area contributed by atoms with Gasteiger partial charge in [0.2, 0.25) is 0 Å². The van der Waals surface area contributed by atoms with Gasteiger partial charge >= 0.3 is 0 Å². The van der Waals surface area contributed by atoms with Crippen molar-refractivity contribution in [3.63, 3.8) is 0 Å². The molecule has 1 aliphatic carbocycles. The number of nitrogens with zero attached hydrogens (tertiary/aromatic N) is 4. The summed E-state index contributed by atoms with van der Waals surface area (Å²) < 4.78 is 0. The molecule has 6 heteroatoms. The van der Waals surface area contributed by atoms with Gasteiger partial charge in [-0.25, -0.2) is 0 Å². The second-order valence-electron chi connectivity index (χ2n) is 6.61. The molecule has 0 radical (unpaired) electrons. The Hall–Kier alpha value is -2.46. The summed E-state index contributed by atoms with van der Waals surface area (Å²) in [5, 5.41) is 41.9. The van der Waals surface area contributed by atoms with Crippen LogP contribution in [-0.2, 0) is 0 Å². The van der Waals surface area contributed by atoms with Crippen molar-refractivity contribution in [3.05, 3.63) is 34.0 Å². The van der Waals surface area contributed by atoms with E-state index in [0.717, 1.165) is 37.2 Å². The van der Waals surface area contributed by atoms with Gasteiger partial charge in [-0.3, -0.25) is 4.90 Å². The van der Waals surface area contributed by atoms with Crippen LogP contribution in [0, 0.1) is 56.7 Å². The van der Waals surface area contributed by atoms with E-state index in [1.54, 1.807) is 0 Å². The maximum absolute atomic E-state index is 9.90. The molecule has 1 saturated carbocycles. The zero-order chi connectivity index (χ0) is 18.0. The third kappa shape index (κ3) is 2.57. The highest BCUT2D eigenvalue weighted by Gasteiger charge is 2.57. The average molecular weight is 349 g/mol.